The Kier molecular flexibility index (Phi) is 5.75. The highest BCUT2D eigenvalue weighted by Gasteiger charge is 2.28. The number of aryl methyl sites for hydroxylation is 1. The molecule has 3 rings (SSSR count). The summed E-state index contributed by atoms with van der Waals surface area (Å²) in [5.41, 5.74) is 5.01. The Morgan fingerprint density at radius 3 is 2.76 bits per heavy atom. The highest BCUT2D eigenvalue weighted by Crippen LogP contribution is 2.40. The molecular formula is C20H25Cl2N3. The summed E-state index contributed by atoms with van der Waals surface area (Å²) in [5, 5.41) is 6.20. The van der Waals surface area contributed by atoms with Crippen LogP contribution < -0.4 is 4.90 Å². The van der Waals surface area contributed by atoms with Gasteiger partial charge in [0, 0.05) is 24.2 Å². The summed E-state index contributed by atoms with van der Waals surface area (Å²) in [6.45, 7) is 5.34. The predicted molar refractivity (Wildman–Crippen MR) is 108 cm³/mol. The first kappa shape index (κ1) is 18.3. The van der Waals surface area contributed by atoms with Gasteiger partial charge in [-0.1, -0.05) is 49.5 Å². The average Bonchev–Trinajstić information content (AvgIpc) is 2.91. The molecule has 3 nitrogen and oxygen atoms in total. The summed E-state index contributed by atoms with van der Waals surface area (Å²) < 4.78 is 2.05. The van der Waals surface area contributed by atoms with Crippen LogP contribution in [-0.2, 0) is 13.5 Å². The SMILES string of the molecule is CC/C=C(\CCC)c1c2c(nn1C)N(c1ccc(Cl)cc1Cl)CCC2. The van der Waals surface area contributed by atoms with Crippen molar-refractivity contribution in [3.63, 3.8) is 0 Å². The van der Waals surface area contributed by atoms with E-state index in [0.717, 1.165) is 50.2 Å². The van der Waals surface area contributed by atoms with Crippen molar-refractivity contribution < 1.29 is 0 Å². The molecule has 0 amide bonds. The van der Waals surface area contributed by atoms with Crippen molar-refractivity contribution in [2.24, 2.45) is 7.05 Å². The molecule has 25 heavy (non-hydrogen) atoms. The number of nitrogens with zero attached hydrogens (tertiary/aromatic N) is 3. The number of anilines is 2. The van der Waals surface area contributed by atoms with Crippen LogP contribution in [0.15, 0.2) is 24.3 Å². The number of fused-ring (bicyclic) bond motifs is 1. The molecule has 1 aromatic heterocycles. The molecule has 0 saturated carbocycles. The summed E-state index contributed by atoms with van der Waals surface area (Å²) in [6.07, 6.45) is 7.76. The molecular weight excluding hydrogens is 353 g/mol. The number of rotatable bonds is 5. The maximum atomic E-state index is 6.47. The van der Waals surface area contributed by atoms with Crippen molar-refractivity contribution in [1.29, 1.82) is 0 Å². The zero-order chi connectivity index (χ0) is 18.0. The van der Waals surface area contributed by atoms with Gasteiger partial charge in [0.05, 0.1) is 16.4 Å². The first-order valence-corrected chi connectivity index (χ1v) is 9.80. The Bertz CT molecular complexity index is 792. The third-order valence-electron chi connectivity index (χ3n) is 4.66. The fourth-order valence-electron chi connectivity index (χ4n) is 3.69. The van der Waals surface area contributed by atoms with Crippen LogP contribution in [0.1, 0.15) is 50.8 Å². The van der Waals surface area contributed by atoms with Gasteiger partial charge in [-0.25, -0.2) is 0 Å². The Labute approximate surface area is 160 Å². The first-order valence-electron chi connectivity index (χ1n) is 9.04. The van der Waals surface area contributed by atoms with Crippen molar-refractivity contribution in [3.05, 3.63) is 45.6 Å². The van der Waals surface area contributed by atoms with Gasteiger partial charge in [0.1, 0.15) is 0 Å². The summed E-state index contributed by atoms with van der Waals surface area (Å²) in [5.74, 6) is 1.03. The van der Waals surface area contributed by atoms with Crippen molar-refractivity contribution in [3.8, 4) is 0 Å². The lowest BCUT2D eigenvalue weighted by atomic mass is 9.97. The molecule has 0 unspecified atom stereocenters. The Morgan fingerprint density at radius 1 is 1.28 bits per heavy atom. The first-order chi connectivity index (χ1) is 12.1. The largest absolute Gasteiger partial charge is 0.323 e. The predicted octanol–water partition coefficient (Wildman–Crippen LogP) is 6.40. The molecule has 0 bridgehead atoms. The van der Waals surface area contributed by atoms with E-state index < -0.39 is 0 Å². The van der Waals surface area contributed by atoms with Crippen LogP contribution in [-0.4, -0.2) is 16.3 Å². The lowest BCUT2D eigenvalue weighted by Crippen LogP contribution is -2.25. The van der Waals surface area contributed by atoms with Crippen LogP contribution in [0.5, 0.6) is 0 Å². The van der Waals surface area contributed by atoms with Crippen LogP contribution >= 0.6 is 23.2 Å². The molecule has 0 spiro atoms. The van der Waals surface area contributed by atoms with Gasteiger partial charge in [-0.3, -0.25) is 4.68 Å². The van der Waals surface area contributed by atoms with E-state index in [1.165, 1.54) is 16.8 Å². The fraction of sp³-hybridized carbons (Fsp3) is 0.450. The van der Waals surface area contributed by atoms with Crippen LogP contribution in [0.25, 0.3) is 5.57 Å². The maximum Gasteiger partial charge on any atom is 0.158 e. The third kappa shape index (κ3) is 3.58. The van der Waals surface area contributed by atoms with Gasteiger partial charge in [0.15, 0.2) is 5.82 Å². The normalized spacial score (nSPS) is 14.8. The van der Waals surface area contributed by atoms with E-state index in [9.17, 15) is 0 Å². The second kappa shape index (κ2) is 7.84. The van der Waals surface area contributed by atoms with Gasteiger partial charge in [-0.15, -0.1) is 0 Å². The minimum Gasteiger partial charge on any atom is -0.323 e. The van der Waals surface area contributed by atoms with Gasteiger partial charge >= 0.3 is 0 Å². The highest BCUT2D eigenvalue weighted by atomic mass is 35.5. The molecule has 0 N–H and O–H groups in total. The number of aromatic nitrogens is 2. The summed E-state index contributed by atoms with van der Waals surface area (Å²) in [4.78, 5) is 2.23. The molecule has 1 aromatic carbocycles. The number of allylic oxidation sites excluding steroid dienone is 2. The van der Waals surface area contributed by atoms with Crippen LogP contribution in [0, 0.1) is 0 Å². The second-order valence-electron chi connectivity index (χ2n) is 6.51. The van der Waals surface area contributed by atoms with E-state index in [-0.39, 0.29) is 0 Å². The lowest BCUT2D eigenvalue weighted by molar-refractivity contribution is 0.737. The van der Waals surface area contributed by atoms with E-state index in [0.29, 0.717) is 10.0 Å². The highest BCUT2D eigenvalue weighted by molar-refractivity contribution is 6.36. The lowest BCUT2D eigenvalue weighted by Gasteiger charge is -2.28. The second-order valence-corrected chi connectivity index (χ2v) is 7.36. The number of benzene rings is 1. The van der Waals surface area contributed by atoms with E-state index in [1.807, 2.05) is 16.8 Å². The zero-order valence-corrected chi connectivity index (χ0v) is 16.7. The van der Waals surface area contributed by atoms with Gasteiger partial charge in [-0.05, 0) is 49.5 Å². The molecule has 134 valence electrons. The van der Waals surface area contributed by atoms with Crippen molar-refractivity contribution >= 4 is 40.3 Å². The monoisotopic (exact) mass is 377 g/mol. The maximum absolute atomic E-state index is 6.47. The van der Waals surface area contributed by atoms with Crippen LogP contribution in [0.3, 0.4) is 0 Å². The quantitative estimate of drug-likeness (QED) is 0.600. The van der Waals surface area contributed by atoms with E-state index in [4.69, 9.17) is 28.3 Å². The van der Waals surface area contributed by atoms with Crippen molar-refractivity contribution in [2.75, 3.05) is 11.4 Å². The van der Waals surface area contributed by atoms with Crippen LogP contribution in [0.2, 0.25) is 10.0 Å². The standard InChI is InChI=1S/C20H25Cl2N3/c1-4-7-14(8-5-2)19-16-9-6-12-25(20(16)23-24(19)3)18-11-10-15(21)13-17(18)22/h7,10-11,13H,4-6,8-9,12H2,1-3H3/b14-7+. The van der Waals surface area contributed by atoms with Gasteiger partial charge in [0.25, 0.3) is 0 Å². The van der Waals surface area contributed by atoms with Crippen molar-refractivity contribution in [1.82, 2.24) is 9.78 Å². The minimum atomic E-state index is 0.656. The Balaban J connectivity index is 2.09. The van der Waals surface area contributed by atoms with Crippen LogP contribution in [0.4, 0.5) is 11.5 Å². The molecule has 2 heterocycles. The molecule has 0 fully saturated rings. The molecule has 0 radical (unpaired) electrons. The topological polar surface area (TPSA) is 21.1 Å². The molecule has 5 heteroatoms. The van der Waals surface area contributed by atoms with E-state index >= 15 is 0 Å². The summed E-state index contributed by atoms with van der Waals surface area (Å²) in [7, 11) is 2.05. The summed E-state index contributed by atoms with van der Waals surface area (Å²) >= 11 is 12.5. The molecule has 0 aliphatic carbocycles. The smallest absolute Gasteiger partial charge is 0.158 e. The molecule has 0 saturated heterocycles. The van der Waals surface area contributed by atoms with E-state index in [1.54, 1.807) is 6.07 Å². The molecule has 2 aromatic rings. The number of hydrogen-bond acceptors (Lipinski definition) is 2. The fourth-order valence-corrected chi connectivity index (χ4v) is 4.20. The number of halogens is 2. The van der Waals surface area contributed by atoms with Crippen molar-refractivity contribution in [2.45, 2.75) is 46.0 Å². The van der Waals surface area contributed by atoms with E-state index in [2.05, 4.69) is 31.9 Å². The molecule has 0 atom stereocenters. The third-order valence-corrected chi connectivity index (χ3v) is 5.20. The Morgan fingerprint density at radius 2 is 2.08 bits per heavy atom. The Hall–Kier alpha value is -1.45. The minimum absolute atomic E-state index is 0.656. The molecule has 1 aliphatic heterocycles. The van der Waals surface area contributed by atoms with Gasteiger partial charge in [-0.2, -0.15) is 5.10 Å². The summed E-state index contributed by atoms with van der Waals surface area (Å²) in [6, 6.07) is 5.68. The van der Waals surface area contributed by atoms with Gasteiger partial charge < -0.3 is 4.90 Å². The number of hydrogen-bond donors (Lipinski definition) is 0. The molecule has 1 aliphatic rings. The zero-order valence-electron chi connectivity index (χ0n) is 15.1. The average molecular weight is 378 g/mol. The van der Waals surface area contributed by atoms with Gasteiger partial charge in [0.2, 0.25) is 0 Å².